The first-order valence-corrected chi connectivity index (χ1v) is 10.6. The Kier molecular flexibility index (Phi) is 7.25. The van der Waals surface area contributed by atoms with Gasteiger partial charge in [-0.25, -0.2) is 4.79 Å². The summed E-state index contributed by atoms with van der Waals surface area (Å²) in [5, 5.41) is 27.8. The van der Waals surface area contributed by atoms with Crippen molar-refractivity contribution < 1.29 is 14.6 Å². The summed E-state index contributed by atoms with van der Waals surface area (Å²) in [6.45, 7) is 0.232. The highest BCUT2D eigenvalue weighted by molar-refractivity contribution is 9.11. The molecule has 0 amide bonds. The van der Waals surface area contributed by atoms with E-state index in [0.717, 1.165) is 11.1 Å². The van der Waals surface area contributed by atoms with Crippen molar-refractivity contribution in [2.75, 3.05) is 0 Å². The van der Waals surface area contributed by atoms with E-state index in [9.17, 15) is 15.3 Å². The van der Waals surface area contributed by atoms with Crippen molar-refractivity contribution in [3.63, 3.8) is 0 Å². The fraction of sp³-hybridized carbons (Fsp3) is 0.0417. The highest BCUT2D eigenvalue weighted by Gasteiger charge is 2.11. The minimum atomic E-state index is -1.02. The van der Waals surface area contributed by atoms with Crippen molar-refractivity contribution >= 4 is 49.5 Å². The molecular formula is C24H14Br2N2O3. The minimum absolute atomic E-state index is 0.158. The summed E-state index contributed by atoms with van der Waals surface area (Å²) in [7, 11) is 0. The van der Waals surface area contributed by atoms with Gasteiger partial charge in [-0.2, -0.15) is 10.5 Å². The highest BCUT2D eigenvalue weighted by atomic mass is 79.9. The molecule has 31 heavy (non-hydrogen) atoms. The molecule has 5 nitrogen and oxygen atoms in total. The van der Waals surface area contributed by atoms with Gasteiger partial charge in [0, 0.05) is 5.56 Å². The number of benzene rings is 3. The second-order valence-corrected chi connectivity index (χ2v) is 8.13. The Balaban J connectivity index is 1.86. The zero-order valence-corrected chi connectivity index (χ0v) is 19.1. The average molecular weight is 538 g/mol. The number of aromatic carboxylic acids is 1. The smallest absolute Gasteiger partial charge is 0.335 e. The van der Waals surface area contributed by atoms with E-state index in [1.807, 2.05) is 24.3 Å². The molecule has 0 aliphatic carbocycles. The Morgan fingerprint density at radius 3 is 2.19 bits per heavy atom. The van der Waals surface area contributed by atoms with Crippen LogP contribution < -0.4 is 4.74 Å². The van der Waals surface area contributed by atoms with E-state index in [4.69, 9.17) is 9.84 Å². The van der Waals surface area contributed by atoms with Crippen LogP contribution in [-0.2, 0) is 6.61 Å². The number of hydrogen-bond donors (Lipinski definition) is 1. The van der Waals surface area contributed by atoms with E-state index in [1.54, 1.807) is 30.3 Å². The molecule has 7 heteroatoms. The number of hydrogen-bond acceptors (Lipinski definition) is 4. The summed E-state index contributed by atoms with van der Waals surface area (Å²) in [5.41, 5.74) is 3.26. The van der Waals surface area contributed by atoms with E-state index >= 15 is 0 Å². The highest BCUT2D eigenvalue weighted by Crippen LogP contribution is 2.36. The van der Waals surface area contributed by atoms with Crippen LogP contribution in [0.15, 0.2) is 69.6 Å². The third kappa shape index (κ3) is 5.40. The van der Waals surface area contributed by atoms with Gasteiger partial charge in [0.25, 0.3) is 0 Å². The summed E-state index contributed by atoms with van der Waals surface area (Å²) in [4.78, 5) is 11.0. The monoisotopic (exact) mass is 536 g/mol. The van der Waals surface area contributed by atoms with Gasteiger partial charge in [0.05, 0.1) is 37.8 Å². The van der Waals surface area contributed by atoms with Crippen LogP contribution >= 0.6 is 31.9 Å². The van der Waals surface area contributed by atoms with Gasteiger partial charge < -0.3 is 9.84 Å². The Hall–Kier alpha value is -3.39. The molecule has 3 aromatic carbocycles. The van der Waals surface area contributed by atoms with Crippen LogP contribution in [0.25, 0.3) is 11.6 Å². The molecule has 3 aromatic rings. The van der Waals surface area contributed by atoms with Crippen molar-refractivity contribution in [1.82, 2.24) is 0 Å². The lowest BCUT2D eigenvalue weighted by molar-refractivity contribution is 0.0697. The lowest BCUT2D eigenvalue weighted by Gasteiger charge is -2.12. The Morgan fingerprint density at radius 1 is 1.00 bits per heavy atom. The van der Waals surface area contributed by atoms with E-state index in [-0.39, 0.29) is 12.2 Å². The number of nitrogens with zero attached hydrogens (tertiary/aromatic N) is 2. The van der Waals surface area contributed by atoms with Gasteiger partial charge in [0.1, 0.15) is 12.4 Å². The molecule has 0 atom stereocenters. The number of carboxylic acids is 1. The van der Waals surface area contributed by atoms with E-state index in [2.05, 4.69) is 44.0 Å². The third-order valence-electron chi connectivity index (χ3n) is 4.40. The van der Waals surface area contributed by atoms with Crippen LogP contribution in [0.5, 0.6) is 5.75 Å². The van der Waals surface area contributed by atoms with Crippen LogP contribution in [0.2, 0.25) is 0 Å². The number of carboxylic acid groups (broad SMARTS) is 1. The second-order valence-electron chi connectivity index (χ2n) is 6.42. The molecule has 0 saturated carbocycles. The summed E-state index contributed by atoms with van der Waals surface area (Å²) in [6, 6.07) is 21.3. The van der Waals surface area contributed by atoms with Crippen molar-refractivity contribution in [2.45, 2.75) is 6.61 Å². The zero-order chi connectivity index (χ0) is 22.4. The maximum absolute atomic E-state index is 11.0. The van der Waals surface area contributed by atoms with Crippen molar-refractivity contribution in [3.05, 3.63) is 97.4 Å². The first kappa shape index (κ1) is 22.3. The van der Waals surface area contributed by atoms with Gasteiger partial charge in [0.2, 0.25) is 0 Å². The van der Waals surface area contributed by atoms with Crippen LogP contribution in [0.3, 0.4) is 0 Å². The van der Waals surface area contributed by atoms with Gasteiger partial charge in [-0.15, -0.1) is 0 Å². The molecule has 0 aliphatic heterocycles. The van der Waals surface area contributed by atoms with Crippen LogP contribution in [0.4, 0.5) is 0 Å². The Bertz CT molecular complexity index is 1230. The predicted molar refractivity (Wildman–Crippen MR) is 124 cm³/mol. The number of halogens is 2. The van der Waals surface area contributed by atoms with Gasteiger partial charge in [-0.05, 0) is 79.4 Å². The minimum Gasteiger partial charge on any atom is -0.486 e. The topological polar surface area (TPSA) is 94.1 Å². The molecule has 0 bridgehead atoms. The summed E-state index contributed by atoms with van der Waals surface area (Å²) in [6.07, 6.45) is 1.71. The summed E-state index contributed by atoms with van der Waals surface area (Å²) < 4.78 is 7.28. The molecule has 0 heterocycles. The molecule has 0 spiro atoms. The molecule has 0 saturated heterocycles. The molecule has 0 unspecified atom stereocenters. The van der Waals surface area contributed by atoms with Crippen molar-refractivity contribution in [1.29, 1.82) is 10.5 Å². The second kappa shape index (κ2) is 10.1. The maximum Gasteiger partial charge on any atom is 0.335 e. The van der Waals surface area contributed by atoms with Crippen LogP contribution in [0.1, 0.15) is 32.6 Å². The first-order valence-electron chi connectivity index (χ1n) is 8.98. The van der Waals surface area contributed by atoms with Gasteiger partial charge in [0.15, 0.2) is 0 Å². The van der Waals surface area contributed by atoms with Crippen LogP contribution in [0, 0.1) is 22.7 Å². The number of carbonyl (C=O) groups is 1. The van der Waals surface area contributed by atoms with Gasteiger partial charge in [-0.1, -0.05) is 30.3 Å². The van der Waals surface area contributed by atoms with E-state index in [0.29, 0.717) is 31.4 Å². The third-order valence-corrected chi connectivity index (χ3v) is 5.58. The zero-order valence-electron chi connectivity index (χ0n) is 16.0. The van der Waals surface area contributed by atoms with E-state index < -0.39 is 5.97 Å². The lowest BCUT2D eigenvalue weighted by Crippen LogP contribution is -1.99. The first-order chi connectivity index (χ1) is 14.9. The van der Waals surface area contributed by atoms with Crippen molar-refractivity contribution in [2.24, 2.45) is 0 Å². The number of ether oxygens (including phenoxy) is 1. The molecular weight excluding hydrogens is 524 g/mol. The lowest BCUT2D eigenvalue weighted by atomic mass is 10.0. The van der Waals surface area contributed by atoms with E-state index in [1.165, 1.54) is 12.1 Å². The normalized spacial score (nSPS) is 10.8. The fourth-order valence-corrected chi connectivity index (χ4v) is 4.30. The molecule has 152 valence electrons. The number of allylic oxidation sites excluding steroid dienone is 1. The van der Waals surface area contributed by atoms with Crippen LogP contribution in [-0.4, -0.2) is 11.1 Å². The molecule has 0 radical (unpaired) electrons. The predicted octanol–water partition coefficient (Wildman–Crippen LogP) is 6.42. The van der Waals surface area contributed by atoms with Gasteiger partial charge in [-0.3, -0.25) is 0 Å². The molecule has 0 aliphatic rings. The SMILES string of the molecule is N#C/C(=C/c1cc(Br)c(OCc2ccccc2C#N)c(Br)c1)c1ccc(C(=O)O)cc1. The molecule has 0 fully saturated rings. The Morgan fingerprint density at radius 2 is 1.61 bits per heavy atom. The van der Waals surface area contributed by atoms with Crippen molar-refractivity contribution in [3.8, 4) is 17.9 Å². The molecule has 0 aromatic heterocycles. The quantitative estimate of drug-likeness (QED) is 0.289. The molecule has 3 rings (SSSR count). The number of nitriles is 2. The fourth-order valence-electron chi connectivity index (χ4n) is 2.85. The standard InChI is InChI=1S/C24H14Br2N2O3/c25-21-10-15(9-20(13-28)16-5-7-17(8-6-16)24(29)30)11-22(26)23(21)31-14-19-4-2-1-3-18(19)12-27/h1-11H,14H2,(H,29,30)/b20-9-. The number of rotatable bonds is 6. The summed E-state index contributed by atoms with van der Waals surface area (Å²) in [5.74, 6) is -0.441. The maximum atomic E-state index is 11.0. The largest absolute Gasteiger partial charge is 0.486 e. The summed E-state index contributed by atoms with van der Waals surface area (Å²) >= 11 is 7.01. The molecule has 1 N–H and O–H groups in total. The Labute approximate surface area is 196 Å². The van der Waals surface area contributed by atoms with Gasteiger partial charge >= 0.3 is 5.97 Å². The average Bonchev–Trinajstić information content (AvgIpc) is 2.77.